The van der Waals surface area contributed by atoms with Crippen molar-refractivity contribution in [2.75, 3.05) is 11.4 Å². The summed E-state index contributed by atoms with van der Waals surface area (Å²) in [6.45, 7) is 0.180. The number of para-hydroxylation sites is 1. The molecule has 1 atom stereocenters. The Morgan fingerprint density at radius 2 is 1.58 bits per heavy atom. The Bertz CT molecular complexity index is 687. The van der Waals surface area contributed by atoms with Gasteiger partial charge in [-0.1, -0.05) is 48.5 Å². The van der Waals surface area contributed by atoms with Crippen LogP contribution in [0.15, 0.2) is 54.6 Å². The first-order valence-corrected chi connectivity index (χ1v) is 8.10. The lowest BCUT2D eigenvalue weighted by molar-refractivity contribution is -0.259. The summed E-state index contributed by atoms with van der Waals surface area (Å²) in [6, 6.07) is 15.4. The molecule has 1 unspecified atom stereocenters. The minimum Gasteiger partial charge on any atom is -0.363 e. The molecule has 0 aromatic heterocycles. The van der Waals surface area contributed by atoms with Crippen LogP contribution >= 0.6 is 0 Å². The molecule has 1 N–H and O–H groups in total. The molecule has 3 rings (SSSR count). The molecule has 1 heterocycles. The minimum absolute atomic E-state index is 0.180. The number of alkyl halides is 3. The van der Waals surface area contributed by atoms with Crippen molar-refractivity contribution >= 4 is 5.69 Å². The molecule has 0 fully saturated rings. The van der Waals surface area contributed by atoms with Crippen molar-refractivity contribution in [1.29, 1.82) is 0 Å². The number of hydrogen-bond donors (Lipinski definition) is 1. The van der Waals surface area contributed by atoms with Crippen molar-refractivity contribution in [2.24, 2.45) is 0 Å². The van der Waals surface area contributed by atoms with Crippen molar-refractivity contribution in [3.05, 3.63) is 65.7 Å². The standard InChI is InChI=1S/C19H20F3NO/c20-19(21,22)18(24,14-15-8-2-1-3-9-15)23-13-7-6-11-16-10-4-5-12-17(16)23/h1-5,8-10,12,24H,6-7,11,13-14H2. The minimum atomic E-state index is -4.76. The van der Waals surface area contributed by atoms with E-state index in [2.05, 4.69) is 0 Å². The highest BCUT2D eigenvalue weighted by molar-refractivity contribution is 5.56. The van der Waals surface area contributed by atoms with Gasteiger partial charge < -0.3 is 10.0 Å². The van der Waals surface area contributed by atoms with E-state index in [0.29, 0.717) is 17.7 Å². The molecular formula is C19H20F3NO. The topological polar surface area (TPSA) is 23.5 Å². The second kappa shape index (κ2) is 6.48. The van der Waals surface area contributed by atoms with Crippen LogP contribution in [-0.4, -0.2) is 23.6 Å². The predicted molar refractivity (Wildman–Crippen MR) is 87.9 cm³/mol. The van der Waals surface area contributed by atoms with Gasteiger partial charge in [-0.3, -0.25) is 0 Å². The molecular weight excluding hydrogens is 315 g/mol. The smallest absolute Gasteiger partial charge is 0.363 e. The molecule has 2 aromatic rings. The Labute approximate surface area is 139 Å². The van der Waals surface area contributed by atoms with Gasteiger partial charge in [-0.15, -0.1) is 0 Å². The number of nitrogens with zero attached hydrogens (tertiary/aromatic N) is 1. The van der Waals surface area contributed by atoms with E-state index in [-0.39, 0.29) is 6.54 Å². The summed E-state index contributed by atoms with van der Waals surface area (Å²) in [4.78, 5) is 1.14. The second-order valence-electron chi connectivity index (χ2n) is 6.21. The first-order valence-electron chi connectivity index (χ1n) is 8.10. The second-order valence-corrected chi connectivity index (χ2v) is 6.21. The largest absolute Gasteiger partial charge is 0.436 e. The highest BCUT2D eigenvalue weighted by atomic mass is 19.4. The van der Waals surface area contributed by atoms with Gasteiger partial charge in [-0.05, 0) is 36.5 Å². The average Bonchev–Trinajstić information content (AvgIpc) is 2.77. The van der Waals surface area contributed by atoms with Crippen LogP contribution in [0.5, 0.6) is 0 Å². The predicted octanol–water partition coefficient (Wildman–Crippen LogP) is 4.32. The third-order valence-corrected chi connectivity index (χ3v) is 4.55. The Balaban J connectivity index is 2.06. The van der Waals surface area contributed by atoms with Crippen LogP contribution in [0.4, 0.5) is 18.9 Å². The number of aryl methyl sites for hydroxylation is 1. The van der Waals surface area contributed by atoms with Gasteiger partial charge in [0.05, 0.1) is 0 Å². The van der Waals surface area contributed by atoms with Crippen LogP contribution in [0, 0.1) is 0 Å². The van der Waals surface area contributed by atoms with E-state index in [1.165, 1.54) is 0 Å². The molecule has 5 heteroatoms. The van der Waals surface area contributed by atoms with Crippen LogP contribution in [0.1, 0.15) is 24.0 Å². The summed E-state index contributed by atoms with van der Waals surface area (Å²) in [5.41, 5.74) is -1.13. The lowest BCUT2D eigenvalue weighted by Crippen LogP contribution is -2.61. The van der Waals surface area contributed by atoms with E-state index in [0.717, 1.165) is 23.3 Å². The monoisotopic (exact) mass is 335 g/mol. The molecule has 0 saturated carbocycles. The third kappa shape index (κ3) is 3.13. The van der Waals surface area contributed by atoms with E-state index in [1.54, 1.807) is 42.5 Å². The summed E-state index contributed by atoms with van der Waals surface area (Å²) in [5, 5.41) is 10.8. The Hall–Kier alpha value is -2.01. The molecule has 0 radical (unpaired) electrons. The number of halogens is 3. The molecule has 0 amide bonds. The van der Waals surface area contributed by atoms with Gasteiger partial charge in [-0.2, -0.15) is 13.2 Å². The Morgan fingerprint density at radius 1 is 0.917 bits per heavy atom. The fourth-order valence-corrected chi connectivity index (χ4v) is 3.30. The number of anilines is 1. The number of benzene rings is 2. The van der Waals surface area contributed by atoms with Crippen LogP contribution in [0.3, 0.4) is 0 Å². The molecule has 128 valence electrons. The van der Waals surface area contributed by atoms with Crippen molar-refractivity contribution in [3.63, 3.8) is 0 Å². The molecule has 24 heavy (non-hydrogen) atoms. The molecule has 0 bridgehead atoms. The van der Waals surface area contributed by atoms with Gasteiger partial charge in [0.25, 0.3) is 0 Å². The van der Waals surface area contributed by atoms with Crippen molar-refractivity contribution in [2.45, 2.75) is 37.6 Å². The lowest BCUT2D eigenvalue weighted by atomic mass is 9.98. The van der Waals surface area contributed by atoms with Gasteiger partial charge in [0.1, 0.15) is 0 Å². The summed E-state index contributed by atoms with van der Waals surface area (Å²) >= 11 is 0. The first kappa shape index (κ1) is 16.8. The van der Waals surface area contributed by atoms with Crippen LogP contribution < -0.4 is 4.90 Å². The van der Waals surface area contributed by atoms with Gasteiger partial charge in [0.2, 0.25) is 5.72 Å². The fourth-order valence-electron chi connectivity index (χ4n) is 3.30. The zero-order valence-corrected chi connectivity index (χ0v) is 13.3. The SMILES string of the molecule is OC(Cc1ccccc1)(N1CCCCc2ccccc21)C(F)(F)F. The number of aliphatic hydroxyl groups is 1. The Kier molecular flexibility index (Phi) is 4.54. The number of hydrogen-bond acceptors (Lipinski definition) is 2. The summed E-state index contributed by atoms with van der Waals surface area (Å²) in [7, 11) is 0. The van der Waals surface area contributed by atoms with Crippen LogP contribution in [0.2, 0.25) is 0 Å². The highest BCUT2D eigenvalue weighted by Gasteiger charge is 2.58. The molecule has 1 aliphatic heterocycles. The normalized spacial score (nSPS) is 17.8. The van der Waals surface area contributed by atoms with E-state index in [9.17, 15) is 18.3 Å². The van der Waals surface area contributed by atoms with Crippen LogP contribution in [0.25, 0.3) is 0 Å². The van der Waals surface area contributed by atoms with Gasteiger partial charge in [-0.25, -0.2) is 0 Å². The first-order chi connectivity index (χ1) is 11.4. The number of rotatable bonds is 3. The molecule has 0 aliphatic carbocycles. The van der Waals surface area contributed by atoms with Gasteiger partial charge in [0.15, 0.2) is 0 Å². The summed E-state index contributed by atoms with van der Waals surface area (Å²) in [6.07, 6.45) is -3.10. The average molecular weight is 335 g/mol. The van der Waals surface area contributed by atoms with Crippen molar-refractivity contribution < 1.29 is 18.3 Å². The van der Waals surface area contributed by atoms with E-state index >= 15 is 0 Å². The van der Waals surface area contributed by atoms with E-state index in [4.69, 9.17) is 0 Å². The zero-order valence-electron chi connectivity index (χ0n) is 13.3. The van der Waals surface area contributed by atoms with Crippen molar-refractivity contribution in [1.82, 2.24) is 0 Å². The Morgan fingerprint density at radius 3 is 2.29 bits per heavy atom. The quantitative estimate of drug-likeness (QED) is 0.903. The number of fused-ring (bicyclic) bond motifs is 1. The molecule has 0 saturated heterocycles. The molecule has 0 spiro atoms. The molecule has 2 nitrogen and oxygen atoms in total. The maximum absolute atomic E-state index is 13.9. The zero-order chi connectivity index (χ0) is 17.2. The molecule has 2 aromatic carbocycles. The lowest BCUT2D eigenvalue weighted by Gasteiger charge is -2.42. The fraction of sp³-hybridized carbons (Fsp3) is 0.368. The van der Waals surface area contributed by atoms with E-state index < -0.39 is 18.3 Å². The summed E-state index contributed by atoms with van der Waals surface area (Å²) < 4.78 is 41.7. The van der Waals surface area contributed by atoms with Gasteiger partial charge in [0, 0.05) is 18.7 Å². The maximum Gasteiger partial charge on any atom is 0.436 e. The molecule has 1 aliphatic rings. The summed E-state index contributed by atoms with van der Waals surface area (Å²) in [5.74, 6) is 0. The van der Waals surface area contributed by atoms with Crippen molar-refractivity contribution in [3.8, 4) is 0 Å². The van der Waals surface area contributed by atoms with E-state index in [1.807, 2.05) is 12.1 Å². The maximum atomic E-state index is 13.9. The highest BCUT2D eigenvalue weighted by Crippen LogP contribution is 2.41. The van der Waals surface area contributed by atoms with Crippen LogP contribution in [-0.2, 0) is 12.8 Å². The third-order valence-electron chi connectivity index (χ3n) is 4.55. The van der Waals surface area contributed by atoms with Gasteiger partial charge >= 0.3 is 6.18 Å².